The molecule has 4 aromatic carbocycles. The Morgan fingerprint density at radius 1 is 0.618 bits per heavy atom. The van der Waals surface area contributed by atoms with Crippen molar-refractivity contribution in [1.29, 1.82) is 0 Å². The minimum absolute atomic E-state index is 0. The van der Waals surface area contributed by atoms with E-state index in [9.17, 15) is 0 Å². The van der Waals surface area contributed by atoms with Gasteiger partial charge in [0.15, 0.2) is 0 Å². The van der Waals surface area contributed by atoms with Crippen molar-refractivity contribution >= 4 is 6.58 Å². The number of allylic oxidation sites excluding steroid dienone is 4. The Morgan fingerprint density at radius 2 is 1.24 bits per heavy atom. The number of halogens is 2. The van der Waals surface area contributed by atoms with Crippen LogP contribution in [0.15, 0.2) is 125 Å². The van der Waals surface area contributed by atoms with Crippen LogP contribution in [0.3, 0.4) is 0 Å². The van der Waals surface area contributed by atoms with Crippen molar-refractivity contribution in [2.45, 2.75) is 12.8 Å². The maximum Gasteiger partial charge on any atom is -1.00 e. The summed E-state index contributed by atoms with van der Waals surface area (Å²) in [4.78, 5) is 0. The van der Waals surface area contributed by atoms with Gasteiger partial charge in [-0.15, -0.1) is 0 Å². The molecular formula is C31H24Cl2Hf. The number of benzene rings is 4. The summed E-state index contributed by atoms with van der Waals surface area (Å²) in [5.74, 6) is 0. The number of hydrogen-bond donors (Lipinski definition) is 0. The van der Waals surface area contributed by atoms with Gasteiger partial charge in [0.05, 0.1) is 0 Å². The van der Waals surface area contributed by atoms with E-state index in [0.29, 0.717) is 0 Å². The molecule has 3 heteroatoms. The molecule has 0 N–H and O–H groups in total. The molecule has 0 spiro atoms. The van der Waals surface area contributed by atoms with Crippen LogP contribution in [0.4, 0.5) is 0 Å². The van der Waals surface area contributed by atoms with Crippen molar-refractivity contribution in [3.8, 4) is 11.1 Å². The van der Waals surface area contributed by atoms with Crippen LogP contribution in [0.1, 0.15) is 28.7 Å². The summed E-state index contributed by atoms with van der Waals surface area (Å²) in [6, 6.07) is 38.3. The monoisotopic (exact) mass is 646 g/mol. The minimum Gasteiger partial charge on any atom is -1.00 e. The average Bonchev–Trinajstić information content (AvgIpc) is 3.52. The maximum absolute atomic E-state index is 2.68. The predicted octanol–water partition coefficient (Wildman–Crippen LogP) is 0.622. The van der Waals surface area contributed by atoms with Gasteiger partial charge in [-0.05, 0) is 0 Å². The van der Waals surface area contributed by atoms with E-state index >= 15 is 0 Å². The van der Waals surface area contributed by atoms with Crippen LogP contribution in [0.25, 0.3) is 11.1 Å². The normalized spacial score (nSPS) is 12.4. The van der Waals surface area contributed by atoms with Gasteiger partial charge in [0.1, 0.15) is 0 Å². The maximum atomic E-state index is 2.46. The molecule has 166 valence electrons. The van der Waals surface area contributed by atoms with Gasteiger partial charge in [0, 0.05) is 0 Å². The van der Waals surface area contributed by atoms with Gasteiger partial charge < -0.3 is 24.8 Å². The number of rotatable bonds is 4. The molecule has 0 atom stereocenters. The first-order valence-electron chi connectivity index (χ1n) is 11.3. The van der Waals surface area contributed by atoms with E-state index in [2.05, 4.69) is 121 Å². The molecule has 0 heterocycles. The fourth-order valence-corrected chi connectivity index (χ4v) is 16.7. The first kappa shape index (κ1) is 24.8. The third-order valence-corrected chi connectivity index (χ3v) is 17.7. The van der Waals surface area contributed by atoms with Gasteiger partial charge in [-0.25, -0.2) is 0 Å². The van der Waals surface area contributed by atoms with Gasteiger partial charge in [0.2, 0.25) is 0 Å². The third kappa shape index (κ3) is 4.50. The van der Waals surface area contributed by atoms with Crippen LogP contribution in [-0.2, 0) is 27.4 Å². The summed E-state index contributed by atoms with van der Waals surface area (Å²) in [6.07, 6.45) is 9.20. The molecule has 4 aromatic rings. The first-order valence-corrected chi connectivity index (χ1v) is 16.7. The second-order valence-electron chi connectivity index (χ2n) is 8.47. The Balaban J connectivity index is 0.00000137. The van der Waals surface area contributed by atoms with Crippen LogP contribution >= 0.6 is 0 Å². The molecule has 0 unspecified atom stereocenters. The molecule has 0 aliphatic heterocycles. The van der Waals surface area contributed by atoms with Crippen LogP contribution in [0.2, 0.25) is 0 Å². The second-order valence-corrected chi connectivity index (χ2v) is 17.2. The zero-order chi connectivity index (χ0) is 21.3. The SMILES string of the molecule is C1=CC[C]([Hf+2](=[C](c2ccccc2)c2ccccc2)[c]2cccc3c2Cc2ccccc2-3)=C1.[Cl-].[Cl-]. The zero-order valence-corrected chi connectivity index (χ0v) is 23.8. The standard InChI is InChI=1S/C13H9.C13H10.C5H5.2ClH.Hf/c1-3-7-12-10(5-1)9-11-6-2-4-8-13(11)12;1-3-7-12(8-4-1)11-13-9-5-2-6-10-13;1-2-4-5-3-1;;;/h1-5,7-8H,9H2;1-10H;1-3H,4H2;2*1H;/q;;;;;+2/p-2. The summed E-state index contributed by atoms with van der Waals surface area (Å²) in [5, 5.41) is 0. The predicted molar refractivity (Wildman–Crippen MR) is 132 cm³/mol. The Labute approximate surface area is 221 Å². The molecule has 0 aromatic heterocycles. The summed E-state index contributed by atoms with van der Waals surface area (Å²) >= 11 is -2.68. The average molecular weight is 646 g/mol. The molecule has 0 radical (unpaired) electrons. The smallest absolute Gasteiger partial charge is 1.00 e. The molecule has 34 heavy (non-hydrogen) atoms. The van der Waals surface area contributed by atoms with Gasteiger partial charge >= 0.3 is 198 Å². The van der Waals surface area contributed by atoms with Crippen molar-refractivity contribution in [1.82, 2.24) is 0 Å². The van der Waals surface area contributed by atoms with Gasteiger partial charge in [-0.3, -0.25) is 0 Å². The summed E-state index contributed by atoms with van der Waals surface area (Å²) < 4.78 is 4.94. The Bertz CT molecular complexity index is 1360. The molecule has 2 aliphatic rings. The van der Waals surface area contributed by atoms with E-state index in [0.717, 1.165) is 12.8 Å². The fraction of sp³-hybridized carbons (Fsp3) is 0.0645. The van der Waals surface area contributed by atoms with Crippen molar-refractivity contribution in [3.63, 3.8) is 0 Å². The summed E-state index contributed by atoms with van der Waals surface area (Å²) in [5.41, 5.74) is 8.71. The molecule has 0 amide bonds. The van der Waals surface area contributed by atoms with Crippen LogP contribution in [-0.4, -0.2) is 3.26 Å². The van der Waals surface area contributed by atoms with Crippen molar-refractivity contribution in [2.24, 2.45) is 0 Å². The van der Waals surface area contributed by atoms with E-state index in [1.807, 2.05) is 0 Å². The first-order chi connectivity index (χ1) is 15.9. The summed E-state index contributed by atoms with van der Waals surface area (Å²) in [6.45, 7) is 0. The third-order valence-electron chi connectivity index (χ3n) is 6.59. The van der Waals surface area contributed by atoms with E-state index in [4.69, 9.17) is 0 Å². The molecule has 0 fully saturated rings. The Kier molecular flexibility index (Phi) is 7.99. The van der Waals surface area contributed by atoms with Crippen LogP contribution < -0.4 is 28.1 Å². The quantitative estimate of drug-likeness (QED) is 0.252. The van der Waals surface area contributed by atoms with Crippen LogP contribution in [0, 0.1) is 0 Å². The number of hydrogen-bond acceptors (Lipinski definition) is 0. The Morgan fingerprint density at radius 3 is 1.88 bits per heavy atom. The molecule has 0 bridgehead atoms. The van der Waals surface area contributed by atoms with Crippen molar-refractivity contribution in [3.05, 3.63) is 147 Å². The van der Waals surface area contributed by atoms with Gasteiger partial charge in [-0.1, -0.05) is 0 Å². The minimum atomic E-state index is -2.68. The van der Waals surface area contributed by atoms with E-state index in [1.165, 1.54) is 27.8 Å². The fourth-order valence-electron chi connectivity index (χ4n) is 5.16. The largest absolute Gasteiger partial charge is 1.00 e. The molecule has 6 rings (SSSR count). The zero-order valence-electron chi connectivity index (χ0n) is 18.7. The van der Waals surface area contributed by atoms with E-state index in [1.54, 1.807) is 15.5 Å². The Hall–Kier alpha value is -2.32. The molecule has 0 nitrogen and oxygen atoms in total. The second kappa shape index (κ2) is 11.0. The van der Waals surface area contributed by atoms with Crippen molar-refractivity contribution in [2.75, 3.05) is 0 Å². The molecule has 0 saturated heterocycles. The van der Waals surface area contributed by atoms with E-state index < -0.39 is 21.0 Å². The van der Waals surface area contributed by atoms with Gasteiger partial charge in [-0.2, -0.15) is 0 Å². The van der Waals surface area contributed by atoms with Gasteiger partial charge in [0.25, 0.3) is 0 Å². The molecule has 0 saturated carbocycles. The van der Waals surface area contributed by atoms with Crippen LogP contribution in [0.5, 0.6) is 0 Å². The molecular weight excluding hydrogens is 622 g/mol. The topological polar surface area (TPSA) is 0 Å². The summed E-state index contributed by atoms with van der Waals surface area (Å²) in [7, 11) is 0. The number of fused-ring (bicyclic) bond motifs is 3. The van der Waals surface area contributed by atoms with E-state index in [-0.39, 0.29) is 24.8 Å². The molecule has 2 aliphatic carbocycles. The van der Waals surface area contributed by atoms with Crippen molar-refractivity contribution < 1.29 is 45.8 Å².